The molecule has 1 N–H and O–H groups in total. The Kier molecular flexibility index (Phi) is 4.91. The Morgan fingerprint density at radius 1 is 1.21 bits per heavy atom. The van der Waals surface area contributed by atoms with Crippen molar-refractivity contribution in [3.63, 3.8) is 0 Å². The van der Waals surface area contributed by atoms with Crippen molar-refractivity contribution < 1.29 is 0 Å². The lowest BCUT2D eigenvalue weighted by atomic mass is 9.90. The van der Waals surface area contributed by atoms with E-state index in [2.05, 4.69) is 49.9 Å². The molecule has 2 saturated heterocycles. The number of piperazine rings is 1. The van der Waals surface area contributed by atoms with Crippen LogP contribution in [0.3, 0.4) is 0 Å². The van der Waals surface area contributed by atoms with Gasteiger partial charge in [0.15, 0.2) is 0 Å². The number of hydrogen-bond acceptors (Lipinski definition) is 3. The molecule has 1 unspecified atom stereocenters. The zero-order chi connectivity index (χ0) is 14.0. The van der Waals surface area contributed by atoms with E-state index in [1.54, 1.807) is 0 Å². The fourth-order valence-electron chi connectivity index (χ4n) is 3.67. The maximum absolute atomic E-state index is 3.74. The first-order chi connectivity index (χ1) is 8.87. The molecule has 2 aliphatic rings. The molecule has 3 heteroatoms. The van der Waals surface area contributed by atoms with Gasteiger partial charge in [0.2, 0.25) is 0 Å². The molecule has 0 aliphatic carbocycles. The lowest BCUT2D eigenvalue weighted by molar-refractivity contribution is 0.0191. The predicted molar refractivity (Wildman–Crippen MR) is 82.5 cm³/mol. The van der Waals surface area contributed by atoms with Crippen molar-refractivity contribution in [1.82, 2.24) is 15.1 Å². The smallest absolute Gasteiger partial charge is 0.0253 e. The lowest BCUT2D eigenvalue weighted by Gasteiger charge is -2.50. The van der Waals surface area contributed by atoms with Gasteiger partial charge in [0.1, 0.15) is 0 Å². The Bertz CT molecular complexity index is 280. The highest BCUT2D eigenvalue weighted by atomic mass is 15.3. The Balaban J connectivity index is 2.02. The zero-order valence-corrected chi connectivity index (χ0v) is 13.6. The van der Waals surface area contributed by atoms with Gasteiger partial charge < -0.3 is 10.2 Å². The summed E-state index contributed by atoms with van der Waals surface area (Å²) in [4.78, 5) is 5.31. The number of likely N-dealkylation sites (tertiary alicyclic amines) is 1. The van der Waals surface area contributed by atoms with Gasteiger partial charge in [0.05, 0.1) is 0 Å². The molecule has 0 spiro atoms. The highest BCUT2D eigenvalue weighted by Crippen LogP contribution is 2.26. The van der Waals surface area contributed by atoms with E-state index >= 15 is 0 Å². The molecule has 2 heterocycles. The first-order valence-electron chi connectivity index (χ1n) is 8.07. The summed E-state index contributed by atoms with van der Waals surface area (Å²) in [6.07, 6.45) is 4.03. The van der Waals surface area contributed by atoms with Gasteiger partial charge in [-0.15, -0.1) is 0 Å². The molecule has 0 aromatic rings. The van der Waals surface area contributed by atoms with Crippen LogP contribution in [0.4, 0.5) is 0 Å². The monoisotopic (exact) mass is 267 g/mol. The van der Waals surface area contributed by atoms with Crippen molar-refractivity contribution in [3.8, 4) is 0 Å². The molecule has 1 atom stereocenters. The van der Waals surface area contributed by atoms with Crippen molar-refractivity contribution >= 4 is 0 Å². The van der Waals surface area contributed by atoms with Crippen LogP contribution in [-0.4, -0.2) is 60.6 Å². The number of nitrogens with one attached hydrogen (secondary N) is 1. The van der Waals surface area contributed by atoms with Crippen LogP contribution in [0.1, 0.15) is 47.0 Å². The first kappa shape index (κ1) is 15.3. The second-order valence-electron chi connectivity index (χ2n) is 7.75. The molecule has 2 fully saturated rings. The molecular formula is C16H33N3. The van der Waals surface area contributed by atoms with Crippen molar-refractivity contribution in [2.45, 2.75) is 64.6 Å². The average molecular weight is 267 g/mol. The Hall–Kier alpha value is -0.120. The molecular weight excluding hydrogens is 234 g/mol. The van der Waals surface area contributed by atoms with E-state index in [1.807, 2.05) is 0 Å². The fraction of sp³-hybridized carbons (Fsp3) is 1.00. The van der Waals surface area contributed by atoms with E-state index in [0.29, 0.717) is 0 Å². The summed E-state index contributed by atoms with van der Waals surface area (Å²) in [7, 11) is 2.25. The molecule has 0 aromatic heterocycles. The standard InChI is InChI=1S/C16H33N3/c1-13(2)10-15-11-17-16(3,4)12-19(15)14-6-8-18(5)9-7-14/h13-15,17H,6-12H2,1-5H3. The normalized spacial score (nSPS) is 30.9. The SMILES string of the molecule is CC(C)CC1CNC(C)(C)CN1C1CCN(C)CC1. The van der Waals surface area contributed by atoms with Crippen LogP contribution in [-0.2, 0) is 0 Å². The van der Waals surface area contributed by atoms with Gasteiger partial charge >= 0.3 is 0 Å². The van der Waals surface area contributed by atoms with Gasteiger partial charge in [-0.2, -0.15) is 0 Å². The van der Waals surface area contributed by atoms with Gasteiger partial charge in [0.25, 0.3) is 0 Å². The van der Waals surface area contributed by atoms with Crippen LogP contribution in [0.25, 0.3) is 0 Å². The van der Waals surface area contributed by atoms with E-state index in [4.69, 9.17) is 0 Å². The topological polar surface area (TPSA) is 18.5 Å². The summed E-state index contributed by atoms with van der Waals surface area (Å²) < 4.78 is 0. The molecule has 0 saturated carbocycles. The van der Waals surface area contributed by atoms with E-state index in [1.165, 1.54) is 38.9 Å². The summed E-state index contributed by atoms with van der Waals surface area (Å²) in [6, 6.07) is 1.54. The first-order valence-corrected chi connectivity index (χ1v) is 8.07. The molecule has 2 aliphatic heterocycles. The summed E-state index contributed by atoms with van der Waals surface area (Å²) in [5, 5.41) is 3.74. The van der Waals surface area contributed by atoms with Crippen LogP contribution < -0.4 is 5.32 Å². The van der Waals surface area contributed by atoms with Gasteiger partial charge in [-0.3, -0.25) is 4.90 Å². The predicted octanol–water partition coefficient (Wildman–Crippen LogP) is 2.18. The van der Waals surface area contributed by atoms with Crippen LogP contribution in [0, 0.1) is 5.92 Å². The third-order valence-electron chi connectivity index (χ3n) is 4.76. The van der Waals surface area contributed by atoms with Crippen LogP contribution in [0.15, 0.2) is 0 Å². The van der Waals surface area contributed by atoms with Crippen LogP contribution >= 0.6 is 0 Å². The third-order valence-corrected chi connectivity index (χ3v) is 4.76. The van der Waals surface area contributed by atoms with Crippen LogP contribution in [0.5, 0.6) is 0 Å². The molecule has 0 amide bonds. The minimum atomic E-state index is 0.275. The highest BCUT2D eigenvalue weighted by Gasteiger charge is 2.37. The van der Waals surface area contributed by atoms with Gasteiger partial charge in [-0.1, -0.05) is 13.8 Å². The van der Waals surface area contributed by atoms with Crippen molar-refractivity contribution in [1.29, 1.82) is 0 Å². The minimum absolute atomic E-state index is 0.275. The molecule has 3 nitrogen and oxygen atoms in total. The molecule has 112 valence electrons. The number of nitrogens with zero attached hydrogens (tertiary/aromatic N) is 2. The summed E-state index contributed by atoms with van der Waals surface area (Å²) in [5.41, 5.74) is 0.275. The molecule has 2 rings (SSSR count). The Morgan fingerprint density at radius 3 is 2.42 bits per heavy atom. The van der Waals surface area contributed by atoms with Crippen molar-refractivity contribution in [3.05, 3.63) is 0 Å². The minimum Gasteiger partial charge on any atom is -0.309 e. The molecule has 0 radical (unpaired) electrons. The Morgan fingerprint density at radius 2 is 1.84 bits per heavy atom. The largest absolute Gasteiger partial charge is 0.309 e. The van der Waals surface area contributed by atoms with E-state index < -0.39 is 0 Å². The molecule has 0 bridgehead atoms. The molecule has 0 aromatic carbocycles. The summed E-state index contributed by atoms with van der Waals surface area (Å²) in [5.74, 6) is 0.793. The fourth-order valence-corrected chi connectivity index (χ4v) is 3.67. The zero-order valence-electron chi connectivity index (χ0n) is 13.6. The van der Waals surface area contributed by atoms with Gasteiger partial charge in [-0.25, -0.2) is 0 Å². The quantitative estimate of drug-likeness (QED) is 0.845. The third kappa shape index (κ3) is 4.17. The van der Waals surface area contributed by atoms with Gasteiger partial charge in [0, 0.05) is 30.7 Å². The maximum Gasteiger partial charge on any atom is 0.0253 e. The van der Waals surface area contributed by atoms with E-state index in [0.717, 1.165) is 24.5 Å². The Labute approximate surface area is 119 Å². The highest BCUT2D eigenvalue weighted by molar-refractivity contribution is 4.96. The second kappa shape index (κ2) is 6.11. The summed E-state index contributed by atoms with van der Waals surface area (Å²) in [6.45, 7) is 14.3. The van der Waals surface area contributed by atoms with E-state index in [-0.39, 0.29) is 5.54 Å². The van der Waals surface area contributed by atoms with Crippen molar-refractivity contribution in [2.24, 2.45) is 5.92 Å². The molecule has 19 heavy (non-hydrogen) atoms. The number of hydrogen-bond donors (Lipinski definition) is 1. The van der Waals surface area contributed by atoms with E-state index in [9.17, 15) is 0 Å². The van der Waals surface area contributed by atoms with Crippen LogP contribution in [0.2, 0.25) is 0 Å². The van der Waals surface area contributed by atoms with Gasteiger partial charge in [-0.05, 0) is 59.2 Å². The second-order valence-corrected chi connectivity index (χ2v) is 7.75. The summed E-state index contributed by atoms with van der Waals surface area (Å²) >= 11 is 0. The van der Waals surface area contributed by atoms with Crippen molar-refractivity contribution in [2.75, 3.05) is 33.2 Å². The number of piperidine rings is 1. The number of rotatable bonds is 3. The maximum atomic E-state index is 3.74. The lowest BCUT2D eigenvalue weighted by Crippen LogP contribution is -2.65. The average Bonchev–Trinajstić information content (AvgIpc) is 2.32.